The van der Waals surface area contributed by atoms with E-state index >= 15 is 0 Å². The molecule has 1 unspecified atom stereocenters. The van der Waals surface area contributed by atoms with Gasteiger partial charge < -0.3 is 10.6 Å². The summed E-state index contributed by atoms with van der Waals surface area (Å²) in [5, 5.41) is 14.2. The second kappa shape index (κ2) is 6.39. The summed E-state index contributed by atoms with van der Waals surface area (Å²) >= 11 is 0. The molecule has 0 aliphatic rings. The van der Waals surface area contributed by atoms with E-state index in [1.54, 1.807) is 20.0 Å². The predicted octanol–water partition coefficient (Wildman–Crippen LogP) is 2.37. The van der Waals surface area contributed by atoms with E-state index in [4.69, 9.17) is 5.26 Å². The molecule has 2 N–H and O–H groups in total. The molecule has 1 atom stereocenters. The first-order valence-electron chi connectivity index (χ1n) is 5.86. The van der Waals surface area contributed by atoms with Crippen LogP contribution < -0.4 is 10.6 Å². The third-order valence-corrected chi connectivity index (χ3v) is 2.68. The number of hydrogen-bond acceptors (Lipinski definition) is 3. The molecule has 20 heavy (non-hydrogen) atoms. The minimum absolute atomic E-state index is 0.0773. The van der Waals surface area contributed by atoms with E-state index in [-0.39, 0.29) is 23.1 Å². The van der Waals surface area contributed by atoms with Crippen LogP contribution in [0.4, 0.5) is 18.9 Å². The number of anilines is 1. The molecule has 0 aromatic heterocycles. The Kier molecular flexibility index (Phi) is 5.11. The largest absolute Gasteiger partial charge is 0.416 e. The van der Waals surface area contributed by atoms with E-state index in [1.807, 2.05) is 0 Å². The van der Waals surface area contributed by atoms with E-state index < -0.39 is 11.7 Å². The number of alkyl halides is 3. The summed E-state index contributed by atoms with van der Waals surface area (Å²) in [6.45, 7) is 2.09. The van der Waals surface area contributed by atoms with Crippen molar-refractivity contribution in [3.8, 4) is 6.07 Å². The monoisotopic (exact) mass is 285 g/mol. The summed E-state index contributed by atoms with van der Waals surface area (Å²) in [5.74, 6) is -0.732. The maximum Gasteiger partial charge on any atom is 0.416 e. The van der Waals surface area contributed by atoms with E-state index in [0.29, 0.717) is 6.54 Å². The van der Waals surface area contributed by atoms with Gasteiger partial charge in [0.05, 0.1) is 16.8 Å². The summed E-state index contributed by atoms with van der Waals surface area (Å²) in [5.41, 5.74) is -1.06. The lowest BCUT2D eigenvalue weighted by Gasteiger charge is -2.14. The fourth-order valence-corrected chi connectivity index (χ4v) is 1.58. The van der Waals surface area contributed by atoms with Gasteiger partial charge >= 0.3 is 6.18 Å². The molecule has 1 rings (SSSR count). The van der Waals surface area contributed by atoms with Gasteiger partial charge in [0.1, 0.15) is 6.07 Å². The molecule has 0 radical (unpaired) electrons. The van der Waals surface area contributed by atoms with Crippen molar-refractivity contribution in [1.82, 2.24) is 5.32 Å². The van der Waals surface area contributed by atoms with Gasteiger partial charge in [-0.3, -0.25) is 4.79 Å². The second-order valence-electron chi connectivity index (χ2n) is 4.32. The summed E-state index contributed by atoms with van der Waals surface area (Å²) in [4.78, 5) is 11.8. The number of nitriles is 1. The van der Waals surface area contributed by atoms with E-state index in [2.05, 4.69) is 10.6 Å². The topological polar surface area (TPSA) is 64.9 Å². The van der Waals surface area contributed by atoms with E-state index in [0.717, 1.165) is 18.2 Å². The first-order chi connectivity index (χ1) is 9.29. The van der Waals surface area contributed by atoms with Crippen molar-refractivity contribution in [3.63, 3.8) is 0 Å². The van der Waals surface area contributed by atoms with Crippen molar-refractivity contribution in [2.75, 3.05) is 18.9 Å². The summed E-state index contributed by atoms with van der Waals surface area (Å²) in [6.07, 6.45) is -4.52. The van der Waals surface area contributed by atoms with Crippen LogP contribution in [0.5, 0.6) is 0 Å². The zero-order chi connectivity index (χ0) is 15.3. The molecule has 0 spiro atoms. The molecule has 0 heterocycles. The normalized spacial score (nSPS) is 12.6. The van der Waals surface area contributed by atoms with E-state index in [9.17, 15) is 18.0 Å². The van der Waals surface area contributed by atoms with Crippen molar-refractivity contribution >= 4 is 11.6 Å². The Balaban J connectivity index is 2.98. The first-order valence-corrected chi connectivity index (χ1v) is 5.86. The minimum atomic E-state index is -4.52. The number of nitrogens with zero attached hydrogens (tertiary/aromatic N) is 1. The van der Waals surface area contributed by atoms with Crippen LogP contribution in [-0.2, 0) is 11.0 Å². The van der Waals surface area contributed by atoms with Crippen LogP contribution >= 0.6 is 0 Å². The quantitative estimate of drug-likeness (QED) is 0.892. The molecule has 0 bridgehead atoms. The average Bonchev–Trinajstić information content (AvgIpc) is 2.38. The fraction of sp³-hybridized carbons (Fsp3) is 0.385. The van der Waals surface area contributed by atoms with Gasteiger partial charge in [-0.25, -0.2) is 0 Å². The Hall–Kier alpha value is -2.07. The van der Waals surface area contributed by atoms with Gasteiger partial charge in [0.2, 0.25) is 5.91 Å². The molecule has 0 saturated carbocycles. The summed E-state index contributed by atoms with van der Waals surface area (Å²) < 4.78 is 37.6. The summed E-state index contributed by atoms with van der Waals surface area (Å²) in [6, 6.07) is 4.30. The summed E-state index contributed by atoms with van der Waals surface area (Å²) in [7, 11) is 1.68. The van der Waals surface area contributed by atoms with Crippen molar-refractivity contribution in [2.45, 2.75) is 13.1 Å². The molecule has 7 heteroatoms. The zero-order valence-electron chi connectivity index (χ0n) is 11.0. The SMILES string of the molecule is CNCC(C)C(=O)Nc1ccc(C(F)(F)F)cc1C#N. The Labute approximate surface area is 114 Å². The van der Waals surface area contributed by atoms with Gasteiger partial charge in [0.25, 0.3) is 0 Å². The van der Waals surface area contributed by atoms with Crippen LogP contribution in [0.1, 0.15) is 18.1 Å². The van der Waals surface area contributed by atoms with Crippen molar-refractivity contribution < 1.29 is 18.0 Å². The molecule has 0 fully saturated rings. The number of carbonyl (C=O) groups excluding carboxylic acids is 1. The Morgan fingerprint density at radius 1 is 1.45 bits per heavy atom. The highest BCUT2D eigenvalue weighted by Gasteiger charge is 2.31. The molecule has 1 aromatic carbocycles. The molecular weight excluding hydrogens is 271 g/mol. The second-order valence-corrected chi connectivity index (χ2v) is 4.32. The van der Waals surface area contributed by atoms with Crippen molar-refractivity contribution in [1.29, 1.82) is 5.26 Å². The van der Waals surface area contributed by atoms with Gasteiger partial charge in [0.15, 0.2) is 0 Å². The van der Waals surface area contributed by atoms with Gasteiger partial charge in [-0.05, 0) is 25.2 Å². The van der Waals surface area contributed by atoms with Gasteiger partial charge in [0, 0.05) is 12.5 Å². The Bertz CT molecular complexity index is 535. The van der Waals surface area contributed by atoms with Crippen LogP contribution in [0.15, 0.2) is 18.2 Å². The molecule has 0 aliphatic carbocycles. The Morgan fingerprint density at radius 3 is 2.60 bits per heavy atom. The zero-order valence-corrected chi connectivity index (χ0v) is 11.0. The number of benzene rings is 1. The van der Waals surface area contributed by atoms with Gasteiger partial charge in [-0.15, -0.1) is 0 Å². The van der Waals surface area contributed by atoms with Crippen LogP contribution in [0.25, 0.3) is 0 Å². The lowest BCUT2D eigenvalue weighted by Crippen LogP contribution is -2.28. The van der Waals surface area contributed by atoms with Crippen LogP contribution in [0, 0.1) is 17.2 Å². The molecule has 0 aliphatic heterocycles. The van der Waals surface area contributed by atoms with Gasteiger partial charge in [-0.1, -0.05) is 6.92 Å². The average molecular weight is 285 g/mol. The third kappa shape index (κ3) is 3.96. The molecule has 0 saturated heterocycles. The smallest absolute Gasteiger partial charge is 0.325 e. The Morgan fingerprint density at radius 2 is 2.10 bits per heavy atom. The third-order valence-electron chi connectivity index (χ3n) is 2.68. The lowest BCUT2D eigenvalue weighted by molar-refractivity contribution is -0.137. The number of amides is 1. The van der Waals surface area contributed by atoms with Crippen LogP contribution in [0.3, 0.4) is 0 Å². The predicted molar refractivity (Wildman–Crippen MR) is 67.9 cm³/mol. The number of nitrogens with one attached hydrogen (secondary N) is 2. The highest BCUT2D eigenvalue weighted by Crippen LogP contribution is 2.31. The van der Waals surface area contributed by atoms with Crippen LogP contribution in [0.2, 0.25) is 0 Å². The lowest BCUT2D eigenvalue weighted by atomic mass is 10.1. The number of rotatable bonds is 4. The van der Waals surface area contributed by atoms with Crippen molar-refractivity contribution in [2.24, 2.45) is 5.92 Å². The van der Waals surface area contributed by atoms with Gasteiger partial charge in [-0.2, -0.15) is 18.4 Å². The van der Waals surface area contributed by atoms with E-state index in [1.165, 1.54) is 0 Å². The van der Waals surface area contributed by atoms with Crippen LogP contribution in [-0.4, -0.2) is 19.5 Å². The molecule has 1 aromatic rings. The maximum absolute atomic E-state index is 12.5. The van der Waals surface area contributed by atoms with Crippen molar-refractivity contribution in [3.05, 3.63) is 29.3 Å². The first kappa shape index (κ1) is 16.0. The number of carbonyl (C=O) groups is 1. The highest BCUT2D eigenvalue weighted by atomic mass is 19.4. The standard InChI is InChI=1S/C13H14F3N3O/c1-8(7-18-2)12(20)19-11-4-3-10(13(14,15)16)5-9(11)6-17/h3-5,8,18H,7H2,1-2H3,(H,19,20). The number of halogens is 3. The molecule has 108 valence electrons. The number of hydrogen-bond donors (Lipinski definition) is 2. The highest BCUT2D eigenvalue weighted by molar-refractivity contribution is 5.93. The fourth-order valence-electron chi connectivity index (χ4n) is 1.58. The molecule has 1 amide bonds. The molecule has 4 nitrogen and oxygen atoms in total. The minimum Gasteiger partial charge on any atom is -0.325 e. The molecular formula is C13H14F3N3O. The maximum atomic E-state index is 12.5.